The summed E-state index contributed by atoms with van der Waals surface area (Å²) in [5.74, 6) is 1.30. The molecule has 0 bridgehead atoms. The first-order chi connectivity index (χ1) is 8.08. The quantitative estimate of drug-likeness (QED) is 0.853. The van der Waals surface area contributed by atoms with Crippen LogP contribution in [0.1, 0.15) is 26.7 Å². The van der Waals surface area contributed by atoms with Crippen LogP contribution in [0.4, 0.5) is 0 Å². The molecule has 1 aliphatic carbocycles. The number of rotatable bonds is 4. The Kier molecular flexibility index (Phi) is 8.29. The second-order valence-electron chi connectivity index (χ2n) is 5.84. The zero-order chi connectivity index (χ0) is 12.4. The first kappa shape index (κ1) is 19.0. The summed E-state index contributed by atoms with van der Waals surface area (Å²) >= 11 is 0. The second-order valence-corrected chi connectivity index (χ2v) is 5.84. The van der Waals surface area contributed by atoms with Gasteiger partial charge in [0.15, 0.2) is 0 Å². The fraction of sp³-hybridized carbons (Fsp3) is 0.923. The molecule has 1 heterocycles. The number of halogens is 2. The standard InChI is InChI=1S/C13H25N3O.2ClH/c1-10(2)12(14)13(17)16-7-5-15(6-8-16)9-11-3-4-11;;/h10-12H,3-9,14H2,1-2H3;2*1H/t12-;;/m1../s1. The van der Waals surface area contributed by atoms with E-state index in [4.69, 9.17) is 5.73 Å². The van der Waals surface area contributed by atoms with Gasteiger partial charge in [-0.1, -0.05) is 13.8 Å². The lowest BCUT2D eigenvalue weighted by molar-refractivity contribution is -0.135. The van der Waals surface area contributed by atoms with Gasteiger partial charge in [0.2, 0.25) is 5.91 Å². The van der Waals surface area contributed by atoms with E-state index < -0.39 is 0 Å². The molecule has 0 radical (unpaired) electrons. The van der Waals surface area contributed by atoms with E-state index in [2.05, 4.69) is 4.90 Å². The van der Waals surface area contributed by atoms with Crippen LogP contribution in [-0.4, -0.2) is 54.5 Å². The minimum Gasteiger partial charge on any atom is -0.339 e. The van der Waals surface area contributed by atoms with Crippen molar-refractivity contribution in [1.29, 1.82) is 0 Å². The predicted molar refractivity (Wildman–Crippen MR) is 83.1 cm³/mol. The number of hydrogen-bond donors (Lipinski definition) is 1. The number of piperazine rings is 1. The van der Waals surface area contributed by atoms with E-state index in [0.717, 1.165) is 32.1 Å². The molecule has 1 saturated carbocycles. The van der Waals surface area contributed by atoms with E-state index >= 15 is 0 Å². The van der Waals surface area contributed by atoms with E-state index in [1.54, 1.807) is 0 Å². The molecule has 1 saturated heterocycles. The monoisotopic (exact) mass is 311 g/mol. The lowest BCUT2D eigenvalue weighted by atomic mass is 10.0. The lowest BCUT2D eigenvalue weighted by Gasteiger charge is -2.36. The molecule has 0 aromatic heterocycles. The minimum atomic E-state index is -0.329. The molecule has 0 aromatic carbocycles. The molecule has 0 spiro atoms. The summed E-state index contributed by atoms with van der Waals surface area (Å²) in [4.78, 5) is 16.5. The maximum Gasteiger partial charge on any atom is 0.239 e. The van der Waals surface area contributed by atoms with Gasteiger partial charge in [-0.05, 0) is 24.7 Å². The van der Waals surface area contributed by atoms with Gasteiger partial charge in [-0.2, -0.15) is 0 Å². The Bertz CT molecular complexity index is 277. The third-order valence-corrected chi connectivity index (χ3v) is 3.90. The van der Waals surface area contributed by atoms with Gasteiger partial charge in [-0.15, -0.1) is 24.8 Å². The van der Waals surface area contributed by atoms with Crippen LogP contribution >= 0.6 is 24.8 Å². The molecule has 2 N–H and O–H groups in total. The number of carbonyl (C=O) groups is 1. The fourth-order valence-corrected chi connectivity index (χ4v) is 2.31. The van der Waals surface area contributed by atoms with Crippen molar-refractivity contribution in [2.75, 3.05) is 32.7 Å². The van der Waals surface area contributed by atoms with Gasteiger partial charge in [0.1, 0.15) is 0 Å². The maximum atomic E-state index is 12.1. The highest BCUT2D eigenvalue weighted by molar-refractivity contribution is 5.85. The zero-order valence-electron chi connectivity index (χ0n) is 11.9. The van der Waals surface area contributed by atoms with Crippen molar-refractivity contribution >= 4 is 30.7 Å². The van der Waals surface area contributed by atoms with Crippen molar-refractivity contribution in [3.05, 3.63) is 0 Å². The molecule has 6 heteroatoms. The van der Waals surface area contributed by atoms with Crippen LogP contribution in [-0.2, 0) is 4.79 Å². The largest absolute Gasteiger partial charge is 0.339 e. The van der Waals surface area contributed by atoms with Crippen molar-refractivity contribution in [3.8, 4) is 0 Å². The first-order valence-corrected chi connectivity index (χ1v) is 6.84. The summed E-state index contributed by atoms with van der Waals surface area (Å²) in [5, 5.41) is 0. The Morgan fingerprint density at radius 2 is 1.68 bits per heavy atom. The molecule has 1 aliphatic heterocycles. The van der Waals surface area contributed by atoms with Crippen LogP contribution < -0.4 is 5.73 Å². The van der Waals surface area contributed by atoms with E-state index in [1.165, 1.54) is 19.4 Å². The normalized spacial score (nSPS) is 21.6. The molecule has 2 fully saturated rings. The number of hydrogen-bond acceptors (Lipinski definition) is 3. The Balaban J connectivity index is 0.00000162. The van der Waals surface area contributed by atoms with Crippen molar-refractivity contribution < 1.29 is 4.79 Å². The molecular weight excluding hydrogens is 285 g/mol. The third-order valence-electron chi connectivity index (χ3n) is 3.90. The lowest BCUT2D eigenvalue weighted by Crippen LogP contribution is -2.54. The number of nitrogens with two attached hydrogens (primary N) is 1. The summed E-state index contributed by atoms with van der Waals surface area (Å²) < 4.78 is 0. The van der Waals surface area contributed by atoms with E-state index in [9.17, 15) is 4.79 Å². The molecule has 1 amide bonds. The SMILES string of the molecule is CC(C)[C@@H](N)C(=O)N1CCN(CC2CC2)CC1.Cl.Cl. The molecule has 2 rings (SSSR count). The molecule has 19 heavy (non-hydrogen) atoms. The highest BCUT2D eigenvalue weighted by Crippen LogP contribution is 2.29. The predicted octanol–water partition coefficient (Wildman–Crippen LogP) is 1.37. The number of nitrogens with zero attached hydrogens (tertiary/aromatic N) is 2. The Morgan fingerprint density at radius 3 is 2.11 bits per heavy atom. The Morgan fingerprint density at radius 1 is 1.16 bits per heavy atom. The van der Waals surface area contributed by atoms with Gasteiger partial charge in [0.25, 0.3) is 0 Å². The van der Waals surface area contributed by atoms with Crippen molar-refractivity contribution in [2.45, 2.75) is 32.7 Å². The topological polar surface area (TPSA) is 49.6 Å². The van der Waals surface area contributed by atoms with E-state index in [1.807, 2.05) is 18.7 Å². The summed E-state index contributed by atoms with van der Waals surface area (Å²) in [6, 6.07) is -0.329. The summed E-state index contributed by atoms with van der Waals surface area (Å²) in [6.07, 6.45) is 2.80. The van der Waals surface area contributed by atoms with Gasteiger partial charge in [-0.25, -0.2) is 0 Å². The minimum absolute atomic E-state index is 0. The maximum absolute atomic E-state index is 12.1. The fourth-order valence-electron chi connectivity index (χ4n) is 2.31. The summed E-state index contributed by atoms with van der Waals surface area (Å²) in [7, 11) is 0. The highest BCUT2D eigenvalue weighted by atomic mass is 35.5. The Labute approximate surface area is 128 Å². The van der Waals surface area contributed by atoms with Crippen molar-refractivity contribution in [1.82, 2.24) is 9.80 Å². The average Bonchev–Trinajstić information content (AvgIpc) is 3.12. The molecule has 4 nitrogen and oxygen atoms in total. The van der Waals surface area contributed by atoms with Gasteiger partial charge in [0, 0.05) is 32.7 Å². The molecular formula is C13H27Cl2N3O. The van der Waals surface area contributed by atoms with Gasteiger partial charge >= 0.3 is 0 Å². The van der Waals surface area contributed by atoms with Crippen LogP contribution in [0.25, 0.3) is 0 Å². The molecule has 1 atom stereocenters. The number of amides is 1. The van der Waals surface area contributed by atoms with Gasteiger partial charge in [-0.3, -0.25) is 9.69 Å². The summed E-state index contributed by atoms with van der Waals surface area (Å²) in [6.45, 7) is 8.99. The van der Waals surface area contributed by atoms with E-state index in [-0.39, 0.29) is 42.7 Å². The molecule has 114 valence electrons. The van der Waals surface area contributed by atoms with Crippen LogP contribution in [0, 0.1) is 11.8 Å². The van der Waals surface area contributed by atoms with Gasteiger partial charge in [0.05, 0.1) is 6.04 Å². The van der Waals surface area contributed by atoms with Crippen LogP contribution in [0.2, 0.25) is 0 Å². The second kappa shape index (κ2) is 8.30. The molecule has 0 unspecified atom stereocenters. The molecule has 2 aliphatic rings. The smallest absolute Gasteiger partial charge is 0.239 e. The molecule has 0 aromatic rings. The summed E-state index contributed by atoms with van der Waals surface area (Å²) in [5.41, 5.74) is 5.91. The van der Waals surface area contributed by atoms with Crippen molar-refractivity contribution in [2.24, 2.45) is 17.6 Å². The van der Waals surface area contributed by atoms with Crippen LogP contribution in [0.5, 0.6) is 0 Å². The van der Waals surface area contributed by atoms with Crippen LogP contribution in [0.15, 0.2) is 0 Å². The van der Waals surface area contributed by atoms with Gasteiger partial charge < -0.3 is 10.6 Å². The third kappa shape index (κ3) is 5.46. The first-order valence-electron chi connectivity index (χ1n) is 6.84. The van der Waals surface area contributed by atoms with E-state index in [0.29, 0.717) is 0 Å². The van der Waals surface area contributed by atoms with Crippen molar-refractivity contribution in [3.63, 3.8) is 0 Å². The average molecular weight is 312 g/mol. The number of carbonyl (C=O) groups excluding carboxylic acids is 1. The zero-order valence-corrected chi connectivity index (χ0v) is 13.5. The highest BCUT2D eigenvalue weighted by Gasteiger charge is 2.29. The van der Waals surface area contributed by atoms with Crippen LogP contribution in [0.3, 0.4) is 0 Å². The Hall–Kier alpha value is -0.0300.